The van der Waals surface area contributed by atoms with Crippen molar-refractivity contribution in [3.63, 3.8) is 0 Å². The van der Waals surface area contributed by atoms with Crippen molar-refractivity contribution < 1.29 is 4.39 Å². The fourth-order valence-corrected chi connectivity index (χ4v) is 2.79. The summed E-state index contributed by atoms with van der Waals surface area (Å²) in [5.41, 5.74) is 3.24. The smallest absolute Gasteiger partial charge is 0.125 e. The van der Waals surface area contributed by atoms with Crippen LogP contribution in [0.2, 0.25) is 0 Å². The van der Waals surface area contributed by atoms with Crippen LogP contribution in [0.15, 0.2) is 48.5 Å². The van der Waals surface area contributed by atoms with Crippen LogP contribution in [-0.2, 0) is 6.54 Å². The minimum atomic E-state index is -0.180. The van der Waals surface area contributed by atoms with E-state index in [2.05, 4.69) is 29.3 Å². The van der Waals surface area contributed by atoms with E-state index in [1.165, 1.54) is 11.6 Å². The van der Waals surface area contributed by atoms with E-state index in [0.717, 1.165) is 30.9 Å². The third-order valence-electron chi connectivity index (χ3n) is 3.91. The van der Waals surface area contributed by atoms with E-state index >= 15 is 0 Å². The predicted octanol–water partition coefficient (Wildman–Crippen LogP) is 4.04. The Bertz CT molecular complexity index is 583. The molecule has 0 saturated carbocycles. The van der Waals surface area contributed by atoms with E-state index in [4.69, 9.17) is 0 Å². The van der Waals surface area contributed by atoms with Crippen LogP contribution in [0.5, 0.6) is 0 Å². The minimum Gasteiger partial charge on any atom is -0.381 e. The molecule has 1 unspecified atom stereocenters. The summed E-state index contributed by atoms with van der Waals surface area (Å²) in [5.74, 6) is -0.180. The highest BCUT2D eigenvalue weighted by Gasteiger charge is 2.25. The van der Waals surface area contributed by atoms with Gasteiger partial charge in [0.15, 0.2) is 0 Å². The molecule has 0 saturated heterocycles. The molecule has 104 valence electrons. The zero-order chi connectivity index (χ0) is 13.9. The van der Waals surface area contributed by atoms with Crippen molar-refractivity contribution in [2.24, 2.45) is 0 Å². The largest absolute Gasteiger partial charge is 0.381 e. The SMILES string of the molecule is CCC1CNc2ccc(F)cc2N1Cc1ccccc1. The first-order chi connectivity index (χ1) is 9.78. The monoisotopic (exact) mass is 270 g/mol. The maximum Gasteiger partial charge on any atom is 0.125 e. The van der Waals surface area contributed by atoms with Gasteiger partial charge in [0.2, 0.25) is 0 Å². The van der Waals surface area contributed by atoms with Gasteiger partial charge in [-0.3, -0.25) is 0 Å². The molecule has 0 amide bonds. The number of hydrogen-bond acceptors (Lipinski definition) is 2. The number of fused-ring (bicyclic) bond motifs is 1. The Balaban J connectivity index is 1.96. The lowest BCUT2D eigenvalue weighted by atomic mass is 10.0. The lowest BCUT2D eigenvalue weighted by Gasteiger charge is -2.39. The van der Waals surface area contributed by atoms with Gasteiger partial charge in [0.25, 0.3) is 0 Å². The number of anilines is 2. The fourth-order valence-electron chi connectivity index (χ4n) is 2.79. The van der Waals surface area contributed by atoms with Gasteiger partial charge in [-0.05, 0) is 30.2 Å². The first-order valence-corrected chi connectivity index (χ1v) is 7.12. The molecule has 20 heavy (non-hydrogen) atoms. The molecule has 0 bridgehead atoms. The van der Waals surface area contributed by atoms with Gasteiger partial charge in [0.05, 0.1) is 11.4 Å². The fraction of sp³-hybridized carbons (Fsp3) is 0.294. The van der Waals surface area contributed by atoms with Gasteiger partial charge in [0, 0.05) is 19.1 Å². The third kappa shape index (κ3) is 2.48. The van der Waals surface area contributed by atoms with E-state index < -0.39 is 0 Å². The lowest BCUT2D eigenvalue weighted by molar-refractivity contribution is 0.573. The van der Waals surface area contributed by atoms with Crippen LogP contribution in [-0.4, -0.2) is 12.6 Å². The number of rotatable bonds is 3. The molecule has 1 aliphatic rings. The molecule has 0 fully saturated rings. The second-order valence-electron chi connectivity index (χ2n) is 5.22. The van der Waals surface area contributed by atoms with Crippen molar-refractivity contribution in [2.75, 3.05) is 16.8 Å². The Labute approximate surface area is 119 Å². The highest BCUT2D eigenvalue weighted by molar-refractivity contribution is 5.72. The molecule has 1 aliphatic heterocycles. The standard InChI is InChI=1S/C17H19FN2/c1-2-15-11-19-16-9-8-14(18)10-17(16)20(15)12-13-6-4-3-5-7-13/h3-10,15,19H,2,11-12H2,1H3. The second kappa shape index (κ2) is 5.53. The van der Waals surface area contributed by atoms with Gasteiger partial charge in [-0.1, -0.05) is 37.3 Å². The number of nitrogens with zero attached hydrogens (tertiary/aromatic N) is 1. The first kappa shape index (κ1) is 13.0. The molecule has 1 atom stereocenters. The van der Waals surface area contributed by atoms with Crippen LogP contribution < -0.4 is 10.2 Å². The highest BCUT2D eigenvalue weighted by Crippen LogP contribution is 2.34. The molecular weight excluding hydrogens is 251 g/mol. The van der Waals surface area contributed by atoms with Crippen LogP contribution >= 0.6 is 0 Å². The van der Waals surface area contributed by atoms with Gasteiger partial charge in [-0.2, -0.15) is 0 Å². The van der Waals surface area contributed by atoms with Crippen LogP contribution in [0.1, 0.15) is 18.9 Å². The average molecular weight is 270 g/mol. The summed E-state index contributed by atoms with van der Waals surface area (Å²) in [6.45, 7) is 3.90. The Kier molecular flexibility index (Phi) is 3.59. The molecule has 2 nitrogen and oxygen atoms in total. The number of hydrogen-bond donors (Lipinski definition) is 1. The van der Waals surface area contributed by atoms with Crippen LogP contribution in [0, 0.1) is 5.82 Å². The summed E-state index contributed by atoms with van der Waals surface area (Å²) >= 11 is 0. The van der Waals surface area contributed by atoms with Crippen LogP contribution in [0.25, 0.3) is 0 Å². The van der Waals surface area contributed by atoms with Crippen molar-refractivity contribution >= 4 is 11.4 Å². The summed E-state index contributed by atoms with van der Waals surface area (Å²) in [5, 5.41) is 3.40. The van der Waals surface area contributed by atoms with Crippen molar-refractivity contribution in [1.82, 2.24) is 0 Å². The number of benzene rings is 2. The molecule has 1 heterocycles. The minimum absolute atomic E-state index is 0.180. The summed E-state index contributed by atoms with van der Waals surface area (Å²) in [4.78, 5) is 2.31. The summed E-state index contributed by atoms with van der Waals surface area (Å²) in [6.07, 6.45) is 1.04. The zero-order valence-corrected chi connectivity index (χ0v) is 11.6. The van der Waals surface area contributed by atoms with E-state index in [9.17, 15) is 4.39 Å². The van der Waals surface area contributed by atoms with Gasteiger partial charge < -0.3 is 10.2 Å². The number of halogens is 1. The Morgan fingerprint density at radius 3 is 2.75 bits per heavy atom. The quantitative estimate of drug-likeness (QED) is 0.905. The van der Waals surface area contributed by atoms with E-state index in [0.29, 0.717) is 6.04 Å². The Morgan fingerprint density at radius 1 is 1.20 bits per heavy atom. The highest BCUT2D eigenvalue weighted by atomic mass is 19.1. The molecule has 3 heteroatoms. The van der Waals surface area contributed by atoms with Gasteiger partial charge >= 0.3 is 0 Å². The zero-order valence-electron chi connectivity index (χ0n) is 11.6. The second-order valence-corrected chi connectivity index (χ2v) is 5.22. The molecule has 0 spiro atoms. The van der Waals surface area contributed by atoms with Crippen molar-refractivity contribution in [3.05, 3.63) is 59.9 Å². The van der Waals surface area contributed by atoms with Gasteiger partial charge in [0.1, 0.15) is 5.82 Å². The summed E-state index contributed by atoms with van der Waals surface area (Å²) < 4.78 is 13.6. The molecule has 2 aromatic carbocycles. The Morgan fingerprint density at radius 2 is 2.00 bits per heavy atom. The molecule has 0 aromatic heterocycles. The summed E-state index contributed by atoms with van der Waals surface area (Å²) in [7, 11) is 0. The molecule has 2 aromatic rings. The Hall–Kier alpha value is -2.03. The average Bonchev–Trinajstić information content (AvgIpc) is 2.49. The van der Waals surface area contributed by atoms with Gasteiger partial charge in [-0.15, -0.1) is 0 Å². The first-order valence-electron chi connectivity index (χ1n) is 7.12. The molecule has 3 rings (SSSR count). The van der Waals surface area contributed by atoms with Crippen LogP contribution in [0.4, 0.5) is 15.8 Å². The normalized spacial score (nSPS) is 17.5. The van der Waals surface area contributed by atoms with E-state index in [1.807, 2.05) is 24.3 Å². The predicted molar refractivity (Wildman–Crippen MR) is 81.6 cm³/mol. The molecular formula is C17H19FN2. The maximum atomic E-state index is 13.6. The third-order valence-corrected chi connectivity index (χ3v) is 3.91. The number of nitrogens with one attached hydrogen (secondary N) is 1. The molecule has 1 N–H and O–H groups in total. The van der Waals surface area contributed by atoms with Crippen LogP contribution in [0.3, 0.4) is 0 Å². The maximum absolute atomic E-state index is 13.6. The molecule has 0 aliphatic carbocycles. The lowest BCUT2D eigenvalue weighted by Crippen LogP contribution is -2.43. The van der Waals surface area contributed by atoms with Crippen molar-refractivity contribution in [3.8, 4) is 0 Å². The van der Waals surface area contributed by atoms with Gasteiger partial charge in [-0.25, -0.2) is 4.39 Å². The van der Waals surface area contributed by atoms with E-state index in [1.54, 1.807) is 6.07 Å². The summed E-state index contributed by atoms with van der Waals surface area (Å²) in [6, 6.07) is 15.7. The van der Waals surface area contributed by atoms with E-state index in [-0.39, 0.29) is 5.82 Å². The molecule has 0 radical (unpaired) electrons. The topological polar surface area (TPSA) is 15.3 Å². The van der Waals surface area contributed by atoms with Crippen molar-refractivity contribution in [2.45, 2.75) is 25.9 Å². The van der Waals surface area contributed by atoms with Crippen molar-refractivity contribution in [1.29, 1.82) is 0 Å².